The number of carbonyl (C=O) groups excluding carboxylic acids is 1. The average Bonchev–Trinajstić information content (AvgIpc) is 3.17. The van der Waals surface area contributed by atoms with Gasteiger partial charge in [-0.15, -0.1) is 11.3 Å². The molecule has 0 unspecified atom stereocenters. The molecule has 0 spiro atoms. The topological polar surface area (TPSA) is 47.2 Å². The van der Waals surface area contributed by atoms with Gasteiger partial charge in [-0.05, 0) is 49.7 Å². The fraction of sp³-hybridized carbons (Fsp3) is 0.167. The predicted octanol–water partition coefficient (Wildman–Crippen LogP) is 5.04. The SMILES string of the molecule is CCn1c(=NC(=O)c2ccc3ncsc3c2)sc2cc(Cl)cc(C)c21. The van der Waals surface area contributed by atoms with Gasteiger partial charge in [0.15, 0.2) is 4.80 Å². The molecule has 7 heteroatoms. The second kappa shape index (κ2) is 6.37. The van der Waals surface area contributed by atoms with Crippen LogP contribution in [0.2, 0.25) is 5.02 Å². The van der Waals surface area contributed by atoms with Crippen LogP contribution in [0.3, 0.4) is 0 Å². The lowest BCUT2D eigenvalue weighted by Gasteiger charge is -2.04. The first-order valence-corrected chi connectivity index (χ1v) is 9.86. The second-order valence-corrected chi connectivity index (χ2v) is 7.98. The zero-order valence-electron chi connectivity index (χ0n) is 13.6. The third-order valence-corrected chi connectivity index (χ3v) is 6.06. The molecule has 0 radical (unpaired) electrons. The summed E-state index contributed by atoms with van der Waals surface area (Å²) in [6, 6.07) is 9.35. The summed E-state index contributed by atoms with van der Waals surface area (Å²) < 4.78 is 4.09. The number of aromatic nitrogens is 2. The summed E-state index contributed by atoms with van der Waals surface area (Å²) in [5, 5.41) is 0.697. The highest BCUT2D eigenvalue weighted by atomic mass is 35.5. The Balaban J connectivity index is 1.87. The monoisotopic (exact) mass is 387 g/mol. The molecule has 0 N–H and O–H groups in total. The third kappa shape index (κ3) is 2.90. The van der Waals surface area contributed by atoms with Crippen LogP contribution < -0.4 is 4.80 Å². The number of carbonyl (C=O) groups is 1. The molecule has 4 rings (SSSR count). The zero-order chi connectivity index (χ0) is 17.6. The van der Waals surface area contributed by atoms with Crippen molar-refractivity contribution >= 4 is 60.6 Å². The molecule has 2 heterocycles. The maximum Gasteiger partial charge on any atom is 0.279 e. The van der Waals surface area contributed by atoms with Gasteiger partial charge in [0.1, 0.15) is 0 Å². The Labute approximate surface area is 157 Å². The van der Waals surface area contributed by atoms with Gasteiger partial charge in [-0.1, -0.05) is 22.9 Å². The molecular weight excluding hydrogens is 374 g/mol. The van der Waals surface area contributed by atoms with E-state index in [4.69, 9.17) is 11.6 Å². The van der Waals surface area contributed by atoms with Crippen molar-refractivity contribution in [2.45, 2.75) is 20.4 Å². The lowest BCUT2D eigenvalue weighted by molar-refractivity contribution is 0.0998. The first-order chi connectivity index (χ1) is 12.1. The minimum atomic E-state index is -0.243. The molecule has 0 saturated carbocycles. The Morgan fingerprint density at radius 2 is 2.12 bits per heavy atom. The molecule has 2 aromatic heterocycles. The van der Waals surface area contributed by atoms with Crippen molar-refractivity contribution in [3.8, 4) is 0 Å². The number of nitrogens with zero attached hydrogens (tertiary/aromatic N) is 3. The Bertz CT molecular complexity index is 1190. The van der Waals surface area contributed by atoms with Crippen LogP contribution >= 0.6 is 34.3 Å². The molecule has 0 saturated heterocycles. The lowest BCUT2D eigenvalue weighted by Crippen LogP contribution is -2.16. The van der Waals surface area contributed by atoms with Crippen LogP contribution in [0.15, 0.2) is 40.8 Å². The molecule has 4 aromatic rings. The van der Waals surface area contributed by atoms with Crippen LogP contribution in [0.5, 0.6) is 0 Å². The molecule has 2 aromatic carbocycles. The van der Waals surface area contributed by atoms with Crippen LogP contribution in [-0.4, -0.2) is 15.5 Å². The van der Waals surface area contributed by atoms with E-state index in [0.29, 0.717) is 15.4 Å². The highest BCUT2D eigenvalue weighted by Gasteiger charge is 2.12. The number of thiazole rings is 2. The van der Waals surface area contributed by atoms with E-state index in [1.54, 1.807) is 11.6 Å². The van der Waals surface area contributed by atoms with E-state index in [1.165, 1.54) is 22.7 Å². The largest absolute Gasteiger partial charge is 0.316 e. The van der Waals surface area contributed by atoms with Crippen molar-refractivity contribution in [2.24, 2.45) is 4.99 Å². The number of benzene rings is 2. The maximum atomic E-state index is 12.7. The van der Waals surface area contributed by atoms with Crippen LogP contribution in [0.1, 0.15) is 22.8 Å². The molecule has 1 amide bonds. The van der Waals surface area contributed by atoms with Gasteiger partial charge in [-0.2, -0.15) is 4.99 Å². The highest BCUT2D eigenvalue weighted by molar-refractivity contribution is 7.17. The van der Waals surface area contributed by atoms with Crippen molar-refractivity contribution in [2.75, 3.05) is 0 Å². The number of hydrogen-bond acceptors (Lipinski definition) is 4. The smallest absolute Gasteiger partial charge is 0.279 e. The van der Waals surface area contributed by atoms with E-state index in [9.17, 15) is 4.79 Å². The molecule has 0 aliphatic heterocycles. The van der Waals surface area contributed by atoms with Crippen LogP contribution in [0.25, 0.3) is 20.4 Å². The molecule has 0 fully saturated rings. The Morgan fingerprint density at radius 1 is 1.28 bits per heavy atom. The van der Waals surface area contributed by atoms with E-state index in [-0.39, 0.29) is 5.91 Å². The summed E-state index contributed by atoms with van der Waals surface area (Å²) in [6.45, 7) is 4.81. The maximum absolute atomic E-state index is 12.7. The van der Waals surface area contributed by atoms with E-state index in [0.717, 1.165) is 32.5 Å². The van der Waals surface area contributed by atoms with Gasteiger partial charge in [0, 0.05) is 17.1 Å². The standard InChI is InChI=1S/C18H14ClN3OS2/c1-3-22-16-10(2)6-12(19)8-15(16)25-18(22)21-17(23)11-4-5-13-14(7-11)24-9-20-13/h4-9H,3H2,1-2H3. The van der Waals surface area contributed by atoms with Crippen molar-refractivity contribution in [3.63, 3.8) is 0 Å². The molecule has 0 atom stereocenters. The zero-order valence-corrected chi connectivity index (χ0v) is 16.0. The summed E-state index contributed by atoms with van der Waals surface area (Å²) in [5.74, 6) is -0.243. The number of fused-ring (bicyclic) bond motifs is 2. The number of amides is 1. The molecule has 25 heavy (non-hydrogen) atoms. The van der Waals surface area contributed by atoms with Crippen LogP contribution in [0.4, 0.5) is 0 Å². The molecule has 0 aliphatic carbocycles. The average molecular weight is 388 g/mol. The Kier molecular flexibility index (Phi) is 4.19. The Morgan fingerprint density at radius 3 is 2.92 bits per heavy atom. The van der Waals surface area contributed by atoms with E-state index in [1.807, 2.05) is 38.1 Å². The summed E-state index contributed by atoms with van der Waals surface area (Å²) in [4.78, 5) is 22.0. The van der Waals surface area contributed by atoms with Crippen molar-refractivity contribution in [1.82, 2.24) is 9.55 Å². The summed E-state index contributed by atoms with van der Waals surface area (Å²) >= 11 is 9.17. The summed E-state index contributed by atoms with van der Waals surface area (Å²) in [6.07, 6.45) is 0. The number of rotatable bonds is 2. The lowest BCUT2D eigenvalue weighted by atomic mass is 10.2. The minimum absolute atomic E-state index is 0.243. The first kappa shape index (κ1) is 16.4. The van der Waals surface area contributed by atoms with Crippen molar-refractivity contribution in [1.29, 1.82) is 0 Å². The molecule has 4 nitrogen and oxygen atoms in total. The first-order valence-electron chi connectivity index (χ1n) is 7.78. The number of halogens is 1. The predicted molar refractivity (Wildman–Crippen MR) is 105 cm³/mol. The van der Waals surface area contributed by atoms with E-state index in [2.05, 4.69) is 14.5 Å². The van der Waals surface area contributed by atoms with Gasteiger partial charge in [-0.25, -0.2) is 4.98 Å². The molecule has 0 aliphatic rings. The van der Waals surface area contributed by atoms with E-state index < -0.39 is 0 Å². The van der Waals surface area contributed by atoms with Gasteiger partial charge in [-0.3, -0.25) is 4.79 Å². The molecule has 0 bridgehead atoms. The third-order valence-electron chi connectivity index (χ3n) is 4.02. The van der Waals surface area contributed by atoms with Crippen LogP contribution in [0, 0.1) is 6.92 Å². The molecular formula is C18H14ClN3OS2. The fourth-order valence-electron chi connectivity index (χ4n) is 2.89. The normalized spacial score (nSPS) is 12.4. The summed E-state index contributed by atoms with van der Waals surface area (Å²) in [7, 11) is 0. The van der Waals surface area contributed by atoms with Crippen molar-refractivity contribution in [3.05, 3.63) is 56.8 Å². The van der Waals surface area contributed by atoms with Gasteiger partial charge in [0.05, 0.1) is 25.9 Å². The van der Waals surface area contributed by atoms with Gasteiger partial charge in [0.2, 0.25) is 0 Å². The summed E-state index contributed by atoms with van der Waals surface area (Å²) in [5.41, 5.74) is 5.42. The van der Waals surface area contributed by atoms with E-state index >= 15 is 0 Å². The fourth-order valence-corrected chi connectivity index (χ4v) is 5.16. The quantitative estimate of drug-likeness (QED) is 0.484. The van der Waals surface area contributed by atoms with Gasteiger partial charge >= 0.3 is 0 Å². The second-order valence-electron chi connectivity index (χ2n) is 5.65. The van der Waals surface area contributed by atoms with Gasteiger partial charge in [0.25, 0.3) is 5.91 Å². The van der Waals surface area contributed by atoms with Gasteiger partial charge < -0.3 is 4.57 Å². The molecule has 126 valence electrons. The number of aryl methyl sites for hydroxylation is 2. The highest BCUT2D eigenvalue weighted by Crippen LogP contribution is 2.26. The Hall–Kier alpha value is -2.02. The van der Waals surface area contributed by atoms with Crippen LogP contribution in [-0.2, 0) is 6.54 Å². The minimum Gasteiger partial charge on any atom is -0.316 e. The number of hydrogen-bond donors (Lipinski definition) is 0. The van der Waals surface area contributed by atoms with Crippen molar-refractivity contribution < 1.29 is 4.79 Å².